The Bertz CT molecular complexity index is 441. The molecule has 2 rings (SSSR count). The highest BCUT2D eigenvalue weighted by molar-refractivity contribution is 5.88. The van der Waals surface area contributed by atoms with E-state index in [9.17, 15) is 4.79 Å². The molecule has 0 radical (unpaired) electrons. The zero-order valence-corrected chi connectivity index (χ0v) is 11.0. The van der Waals surface area contributed by atoms with Gasteiger partial charge in [0, 0.05) is 6.04 Å². The number of piperidine rings is 1. The Balaban J connectivity index is 2.04. The lowest BCUT2D eigenvalue weighted by molar-refractivity contribution is 0.0696. The summed E-state index contributed by atoms with van der Waals surface area (Å²) >= 11 is 0. The molecule has 1 fully saturated rings. The average Bonchev–Trinajstić information content (AvgIpc) is 2.45. The van der Waals surface area contributed by atoms with Gasteiger partial charge >= 0.3 is 5.97 Å². The third-order valence-corrected chi connectivity index (χ3v) is 3.26. The van der Waals surface area contributed by atoms with Crippen LogP contribution in [0.4, 0.5) is 0 Å². The van der Waals surface area contributed by atoms with E-state index in [0.29, 0.717) is 24.1 Å². The normalized spacial score (nSPS) is 18.9. The molecule has 0 bridgehead atoms. The Labute approximate surface area is 112 Å². The SMILES string of the molecule is COc1ccc(C(=O)O)cc1OCC1CCCCN1. The Morgan fingerprint density at radius 1 is 1.42 bits per heavy atom. The number of carboxylic acid groups (broad SMARTS) is 1. The van der Waals surface area contributed by atoms with Gasteiger partial charge in [0.1, 0.15) is 6.61 Å². The molecule has 0 aliphatic carbocycles. The topological polar surface area (TPSA) is 67.8 Å². The molecule has 1 aromatic carbocycles. The molecule has 1 unspecified atom stereocenters. The summed E-state index contributed by atoms with van der Waals surface area (Å²) in [4.78, 5) is 10.9. The van der Waals surface area contributed by atoms with Crippen molar-refractivity contribution in [2.24, 2.45) is 0 Å². The van der Waals surface area contributed by atoms with E-state index in [-0.39, 0.29) is 5.56 Å². The highest BCUT2D eigenvalue weighted by atomic mass is 16.5. The number of carboxylic acids is 1. The summed E-state index contributed by atoms with van der Waals surface area (Å²) in [6.07, 6.45) is 3.49. The van der Waals surface area contributed by atoms with Crippen molar-refractivity contribution in [2.45, 2.75) is 25.3 Å². The summed E-state index contributed by atoms with van der Waals surface area (Å²) in [6, 6.07) is 4.95. The molecule has 1 aliphatic rings. The highest BCUT2D eigenvalue weighted by Gasteiger charge is 2.15. The van der Waals surface area contributed by atoms with E-state index in [0.717, 1.165) is 13.0 Å². The van der Waals surface area contributed by atoms with Gasteiger partial charge in [-0.05, 0) is 37.6 Å². The number of nitrogens with one attached hydrogen (secondary N) is 1. The van der Waals surface area contributed by atoms with Crippen LogP contribution in [0, 0.1) is 0 Å². The molecule has 0 amide bonds. The van der Waals surface area contributed by atoms with Crippen LogP contribution in [0.15, 0.2) is 18.2 Å². The summed E-state index contributed by atoms with van der Waals surface area (Å²) in [6.45, 7) is 1.54. The molecule has 1 heterocycles. The lowest BCUT2D eigenvalue weighted by Crippen LogP contribution is -2.38. The average molecular weight is 265 g/mol. The van der Waals surface area contributed by atoms with Gasteiger partial charge in [-0.15, -0.1) is 0 Å². The number of rotatable bonds is 5. The maximum absolute atomic E-state index is 10.9. The van der Waals surface area contributed by atoms with Crippen molar-refractivity contribution in [3.05, 3.63) is 23.8 Å². The summed E-state index contributed by atoms with van der Waals surface area (Å²) in [7, 11) is 1.54. The number of benzene rings is 1. The zero-order chi connectivity index (χ0) is 13.7. The van der Waals surface area contributed by atoms with Crippen molar-refractivity contribution in [3.63, 3.8) is 0 Å². The van der Waals surface area contributed by atoms with Crippen LogP contribution >= 0.6 is 0 Å². The number of carbonyl (C=O) groups is 1. The maximum atomic E-state index is 10.9. The van der Waals surface area contributed by atoms with E-state index in [1.54, 1.807) is 13.2 Å². The quantitative estimate of drug-likeness (QED) is 0.851. The van der Waals surface area contributed by atoms with Crippen molar-refractivity contribution < 1.29 is 19.4 Å². The molecule has 1 saturated heterocycles. The third-order valence-electron chi connectivity index (χ3n) is 3.26. The maximum Gasteiger partial charge on any atom is 0.335 e. The smallest absolute Gasteiger partial charge is 0.335 e. The Morgan fingerprint density at radius 2 is 2.26 bits per heavy atom. The first-order valence-corrected chi connectivity index (χ1v) is 6.48. The summed E-state index contributed by atoms with van der Waals surface area (Å²) in [5.41, 5.74) is 0.201. The van der Waals surface area contributed by atoms with Crippen LogP contribution in [-0.2, 0) is 0 Å². The van der Waals surface area contributed by atoms with Gasteiger partial charge in [0.2, 0.25) is 0 Å². The predicted molar refractivity (Wildman–Crippen MR) is 71.1 cm³/mol. The summed E-state index contributed by atoms with van der Waals surface area (Å²) in [5, 5.41) is 12.4. The molecule has 0 aromatic heterocycles. The third kappa shape index (κ3) is 3.61. The van der Waals surface area contributed by atoms with Crippen LogP contribution in [0.5, 0.6) is 11.5 Å². The molecule has 0 saturated carbocycles. The number of ether oxygens (including phenoxy) is 2. The van der Waals surface area contributed by atoms with Crippen LogP contribution in [0.1, 0.15) is 29.6 Å². The Morgan fingerprint density at radius 3 is 2.89 bits per heavy atom. The van der Waals surface area contributed by atoms with Gasteiger partial charge < -0.3 is 19.9 Å². The fourth-order valence-electron chi connectivity index (χ4n) is 2.18. The summed E-state index contributed by atoms with van der Waals surface area (Å²) in [5.74, 6) is 0.0684. The largest absolute Gasteiger partial charge is 0.493 e. The minimum atomic E-state index is -0.969. The van der Waals surface area contributed by atoms with Gasteiger partial charge in [-0.3, -0.25) is 0 Å². The second-order valence-corrected chi connectivity index (χ2v) is 4.63. The van der Waals surface area contributed by atoms with E-state index < -0.39 is 5.97 Å². The van der Waals surface area contributed by atoms with Crippen LogP contribution in [0.25, 0.3) is 0 Å². The molecule has 1 atom stereocenters. The molecule has 2 N–H and O–H groups in total. The van der Waals surface area contributed by atoms with Gasteiger partial charge in [0.25, 0.3) is 0 Å². The van der Waals surface area contributed by atoms with Crippen LogP contribution in [0.2, 0.25) is 0 Å². The number of hydrogen-bond donors (Lipinski definition) is 2. The monoisotopic (exact) mass is 265 g/mol. The molecular formula is C14H19NO4. The minimum Gasteiger partial charge on any atom is -0.493 e. The minimum absolute atomic E-state index is 0.201. The first kappa shape index (κ1) is 13.7. The second-order valence-electron chi connectivity index (χ2n) is 4.63. The van der Waals surface area contributed by atoms with Gasteiger partial charge in [-0.1, -0.05) is 6.42 Å². The van der Waals surface area contributed by atoms with Crippen LogP contribution < -0.4 is 14.8 Å². The standard InChI is InChI=1S/C14H19NO4/c1-18-12-6-5-10(14(16)17)8-13(12)19-9-11-4-2-3-7-15-11/h5-6,8,11,15H,2-4,7,9H2,1H3,(H,16,17). The van der Waals surface area contributed by atoms with Gasteiger partial charge in [-0.25, -0.2) is 4.79 Å². The molecule has 19 heavy (non-hydrogen) atoms. The summed E-state index contributed by atoms with van der Waals surface area (Å²) < 4.78 is 10.9. The molecule has 5 nitrogen and oxygen atoms in total. The molecule has 5 heteroatoms. The number of methoxy groups -OCH3 is 1. The van der Waals surface area contributed by atoms with Crippen molar-refractivity contribution in [2.75, 3.05) is 20.3 Å². The van der Waals surface area contributed by atoms with Crippen molar-refractivity contribution in [1.82, 2.24) is 5.32 Å². The van der Waals surface area contributed by atoms with Crippen molar-refractivity contribution in [3.8, 4) is 11.5 Å². The van der Waals surface area contributed by atoms with Crippen LogP contribution in [0.3, 0.4) is 0 Å². The number of aromatic carboxylic acids is 1. The second kappa shape index (κ2) is 6.43. The first-order valence-electron chi connectivity index (χ1n) is 6.48. The molecule has 0 spiro atoms. The van der Waals surface area contributed by atoms with E-state index >= 15 is 0 Å². The van der Waals surface area contributed by atoms with Gasteiger partial charge in [-0.2, -0.15) is 0 Å². The van der Waals surface area contributed by atoms with E-state index in [4.69, 9.17) is 14.6 Å². The lowest BCUT2D eigenvalue weighted by atomic mass is 10.1. The zero-order valence-electron chi connectivity index (χ0n) is 11.0. The molecule has 1 aromatic rings. The van der Waals surface area contributed by atoms with Crippen LogP contribution in [-0.4, -0.2) is 37.4 Å². The molecular weight excluding hydrogens is 246 g/mol. The Hall–Kier alpha value is -1.75. The van der Waals surface area contributed by atoms with E-state index in [1.165, 1.54) is 25.0 Å². The van der Waals surface area contributed by atoms with Crippen molar-refractivity contribution in [1.29, 1.82) is 0 Å². The van der Waals surface area contributed by atoms with E-state index in [2.05, 4.69) is 5.32 Å². The molecule has 104 valence electrons. The predicted octanol–water partition coefficient (Wildman–Crippen LogP) is 1.91. The number of hydrogen-bond acceptors (Lipinski definition) is 4. The van der Waals surface area contributed by atoms with E-state index in [1.807, 2.05) is 0 Å². The Kier molecular flexibility index (Phi) is 4.63. The first-order chi connectivity index (χ1) is 9.20. The fraction of sp³-hybridized carbons (Fsp3) is 0.500. The van der Waals surface area contributed by atoms with Gasteiger partial charge in [0.15, 0.2) is 11.5 Å². The van der Waals surface area contributed by atoms with Gasteiger partial charge in [0.05, 0.1) is 12.7 Å². The van der Waals surface area contributed by atoms with Crippen molar-refractivity contribution >= 4 is 5.97 Å². The molecule has 1 aliphatic heterocycles. The lowest BCUT2D eigenvalue weighted by Gasteiger charge is -2.24. The highest BCUT2D eigenvalue weighted by Crippen LogP contribution is 2.28. The fourth-order valence-corrected chi connectivity index (χ4v) is 2.18.